The van der Waals surface area contributed by atoms with Gasteiger partial charge in [-0.15, -0.1) is 0 Å². The van der Waals surface area contributed by atoms with Crippen LogP contribution in [0.3, 0.4) is 0 Å². The van der Waals surface area contributed by atoms with Gasteiger partial charge in [0.05, 0.1) is 0 Å². The Labute approximate surface area is 135 Å². The van der Waals surface area contributed by atoms with Gasteiger partial charge in [0.15, 0.2) is 0 Å². The molecular formula is C21H31F. The van der Waals surface area contributed by atoms with Crippen molar-refractivity contribution in [3.05, 3.63) is 35.6 Å². The predicted molar refractivity (Wildman–Crippen MR) is 91.5 cm³/mol. The van der Waals surface area contributed by atoms with E-state index in [2.05, 4.69) is 13.0 Å². The van der Waals surface area contributed by atoms with Crippen molar-refractivity contribution in [2.24, 2.45) is 17.8 Å². The standard InChI is InChI=1S/C21H31F/c1-2-4-16-7-9-17(10-8-16)18-11-13-19(14-12-18)20-5-3-6-21(22)15-20/h3,5-6,15-19H,2,4,7-14H2,1H3. The third-order valence-corrected chi connectivity index (χ3v) is 6.35. The third-order valence-electron chi connectivity index (χ3n) is 6.35. The highest BCUT2D eigenvalue weighted by Crippen LogP contribution is 2.44. The van der Waals surface area contributed by atoms with E-state index in [0.717, 1.165) is 17.8 Å². The topological polar surface area (TPSA) is 0 Å². The smallest absolute Gasteiger partial charge is 0.123 e. The van der Waals surface area contributed by atoms with E-state index in [1.165, 1.54) is 69.8 Å². The van der Waals surface area contributed by atoms with Crippen LogP contribution in [0.2, 0.25) is 0 Å². The maximum absolute atomic E-state index is 13.4. The van der Waals surface area contributed by atoms with Gasteiger partial charge in [0.25, 0.3) is 0 Å². The average molecular weight is 302 g/mol. The van der Waals surface area contributed by atoms with E-state index in [-0.39, 0.29) is 5.82 Å². The molecule has 0 N–H and O–H groups in total. The lowest BCUT2D eigenvalue weighted by atomic mass is 9.68. The molecule has 2 aliphatic rings. The Hall–Kier alpha value is -0.850. The van der Waals surface area contributed by atoms with Gasteiger partial charge in [0.1, 0.15) is 5.82 Å². The summed E-state index contributed by atoms with van der Waals surface area (Å²) in [6.07, 6.45) is 14.0. The number of halogens is 1. The molecule has 3 rings (SSSR count). The summed E-state index contributed by atoms with van der Waals surface area (Å²) in [5, 5.41) is 0. The quantitative estimate of drug-likeness (QED) is 0.580. The Morgan fingerprint density at radius 2 is 1.55 bits per heavy atom. The first-order valence-corrected chi connectivity index (χ1v) is 9.51. The first-order chi connectivity index (χ1) is 10.8. The summed E-state index contributed by atoms with van der Waals surface area (Å²) in [6.45, 7) is 2.32. The van der Waals surface area contributed by atoms with Crippen LogP contribution >= 0.6 is 0 Å². The second-order valence-electron chi connectivity index (χ2n) is 7.74. The highest BCUT2D eigenvalue weighted by Gasteiger charge is 2.31. The van der Waals surface area contributed by atoms with Gasteiger partial charge in [-0.2, -0.15) is 0 Å². The summed E-state index contributed by atoms with van der Waals surface area (Å²) < 4.78 is 13.4. The molecule has 0 bridgehead atoms. The zero-order chi connectivity index (χ0) is 15.4. The van der Waals surface area contributed by atoms with Crippen molar-refractivity contribution < 1.29 is 4.39 Å². The van der Waals surface area contributed by atoms with Crippen molar-refractivity contribution in [3.8, 4) is 0 Å². The highest BCUT2D eigenvalue weighted by molar-refractivity contribution is 5.21. The minimum atomic E-state index is -0.0751. The van der Waals surface area contributed by atoms with Crippen molar-refractivity contribution in [2.75, 3.05) is 0 Å². The van der Waals surface area contributed by atoms with Crippen LogP contribution in [-0.2, 0) is 0 Å². The van der Waals surface area contributed by atoms with Crippen LogP contribution in [0.1, 0.15) is 82.6 Å². The van der Waals surface area contributed by atoms with E-state index in [9.17, 15) is 4.39 Å². The largest absolute Gasteiger partial charge is 0.207 e. The molecule has 0 atom stereocenters. The monoisotopic (exact) mass is 302 g/mol. The fraction of sp³-hybridized carbons (Fsp3) is 0.714. The maximum atomic E-state index is 13.4. The molecular weight excluding hydrogens is 271 g/mol. The van der Waals surface area contributed by atoms with Gasteiger partial charge in [-0.25, -0.2) is 4.39 Å². The number of hydrogen-bond donors (Lipinski definition) is 0. The molecule has 0 spiro atoms. The first kappa shape index (κ1) is 16.0. The Bertz CT molecular complexity index is 451. The maximum Gasteiger partial charge on any atom is 0.123 e. The van der Waals surface area contributed by atoms with Gasteiger partial charge in [-0.3, -0.25) is 0 Å². The van der Waals surface area contributed by atoms with Crippen LogP contribution in [0, 0.1) is 23.6 Å². The van der Waals surface area contributed by atoms with Gasteiger partial charge in [0.2, 0.25) is 0 Å². The van der Waals surface area contributed by atoms with E-state index in [1.54, 1.807) is 12.1 Å². The molecule has 2 aliphatic carbocycles. The van der Waals surface area contributed by atoms with Crippen LogP contribution in [0.15, 0.2) is 24.3 Å². The molecule has 22 heavy (non-hydrogen) atoms. The Morgan fingerprint density at radius 1 is 0.909 bits per heavy atom. The van der Waals surface area contributed by atoms with Crippen molar-refractivity contribution >= 4 is 0 Å². The summed E-state index contributed by atoms with van der Waals surface area (Å²) in [7, 11) is 0. The molecule has 0 unspecified atom stereocenters. The van der Waals surface area contributed by atoms with Gasteiger partial charge in [0, 0.05) is 0 Å². The number of benzene rings is 1. The van der Waals surface area contributed by atoms with Crippen LogP contribution < -0.4 is 0 Å². The minimum absolute atomic E-state index is 0.0751. The van der Waals surface area contributed by atoms with E-state index in [0.29, 0.717) is 5.92 Å². The third kappa shape index (κ3) is 3.91. The summed E-state index contributed by atoms with van der Waals surface area (Å²) in [4.78, 5) is 0. The second kappa shape index (κ2) is 7.62. The predicted octanol–water partition coefficient (Wildman–Crippen LogP) is 6.71. The molecule has 2 saturated carbocycles. The van der Waals surface area contributed by atoms with Crippen molar-refractivity contribution in [2.45, 2.75) is 77.0 Å². The van der Waals surface area contributed by atoms with Crippen LogP contribution in [0.4, 0.5) is 4.39 Å². The van der Waals surface area contributed by atoms with Crippen LogP contribution in [-0.4, -0.2) is 0 Å². The average Bonchev–Trinajstić information content (AvgIpc) is 2.56. The van der Waals surface area contributed by atoms with E-state index in [1.807, 2.05) is 6.07 Å². The summed E-state index contributed by atoms with van der Waals surface area (Å²) >= 11 is 0. The van der Waals surface area contributed by atoms with E-state index < -0.39 is 0 Å². The fourth-order valence-corrected chi connectivity index (χ4v) is 5.04. The Kier molecular flexibility index (Phi) is 5.55. The molecule has 0 aromatic heterocycles. The van der Waals surface area contributed by atoms with Gasteiger partial charge in [-0.1, -0.05) is 44.7 Å². The minimum Gasteiger partial charge on any atom is -0.207 e. The lowest BCUT2D eigenvalue weighted by Crippen LogP contribution is -2.25. The Balaban J connectivity index is 1.48. The van der Waals surface area contributed by atoms with Gasteiger partial charge in [-0.05, 0) is 79.9 Å². The van der Waals surface area contributed by atoms with Crippen LogP contribution in [0.25, 0.3) is 0 Å². The van der Waals surface area contributed by atoms with E-state index >= 15 is 0 Å². The van der Waals surface area contributed by atoms with Gasteiger partial charge < -0.3 is 0 Å². The molecule has 0 radical (unpaired) electrons. The second-order valence-corrected chi connectivity index (χ2v) is 7.74. The highest BCUT2D eigenvalue weighted by atomic mass is 19.1. The molecule has 0 aliphatic heterocycles. The number of hydrogen-bond acceptors (Lipinski definition) is 0. The summed E-state index contributed by atoms with van der Waals surface area (Å²) in [6, 6.07) is 7.29. The first-order valence-electron chi connectivity index (χ1n) is 9.51. The molecule has 0 heterocycles. The van der Waals surface area contributed by atoms with Crippen molar-refractivity contribution in [3.63, 3.8) is 0 Å². The molecule has 1 aromatic rings. The summed E-state index contributed by atoms with van der Waals surface area (Å²) in [5.74, 6) is 3.48. The molecule has 2 fully saturated rings. The van der Waals surface area contributed by atoms with Crippen LogP contribution in [0.5, 0.6) is 0 Å². The normalized spacial score (nSPS) is 32.8. The zero-order valence-corrected chi connectivity index (χ0v) is 14.1. The molecule has 1 aromatic carbocycles. The summed E-state index contributed by atoms with van der Waals surface area (Å²) in [5.41, 5.74) is 1.23. The fourth-order valence-electron chi connectivity index (χ4n) is 5.04. The van der Waals surface area contributed by atoms with Crippen molar-refractivity contribution in [1.29, 1.82) is 0 Å². The Morgan fingerprint density at radius 3 is 2.14 bits per heavy atom. The number of rotatable bonds is 4. The van der Waals surface area contributed by atoms with E-state index in [4.69, 9.17) is 0 Å². The molecule has 0 amide bonds. The lowest BCUT2D eigenvalue weighted by molar-refractivity contribution is 0.156. The zero-order valence-electron chi connectivity index (χ0n) is 14.1. The lowest BCUT2D eigenvalue weighted by Gasteiger charge is -2.38. The molecule has 122 valence electrons. The molecule has 0 nitrogen and oxygen atoms in total. The van der Waals surface area contributed by atoms with Crippen molar-refractivity contribution in [1.82, 2.24) is 0 Å². The molecule has 1 heteroatoms. The SMILES string of the molecule is CCCC1CCC(C2CCC(c3cccc(F)c3)CC2)CC1. The molecule has 0 saturated heterocycles. The van der Waals surface area contributed by atoms with Gasteiger partial charge >= 0.3 is 0 Å².